The lowest BCUT2D eigenvalue weighted by Gasteiger charge is -2.17. The summed E-state index contributed by atoms with van der Waals surface area (Å²) in [4.78, 5) is 33.1. The molecule has 0 bridgehead atoms. The number of hydrogen-bond acceptors (Lipinski definition) is 5. The molecule has 5 aromatic rings. The third-order valence-electron chi connectivity index (χ3n) is 5.66. The van der Waals surface area contributed by atoms with E-state index in [4.69, 9.17) is 0 Å². The van der Waals surface area contributed by atoms with Gasteiger partial charge in [-0.2, -0.15) is 9.50 Å². The Morgan fingerprint density at radius 2 is 1.53 bits per heavy atom. The van der Waals surface area contributed by atoms with Gasteiger partial charge in [0.25, 0.3) is 11.5 Å². The smallest absolute Gasteiger partial charge is 0.291 e. The average molecular weight is 472 g/mol. The van der Waals surface area contributed by atoms with Crippen molar-refractivity contribution in [1.82, 2.24) is 14.6 Å². The van der Waals surface area contributed by atoms with E-state index in [0.29, 0.717) is 33.2 Å². The Morgan fingerprint density at radius 1 is 0.853 bits per heavy atom. The van der Waals surface area contributed by atoms with Gasteiger partial charge < -0.3 is 4.90 Å². The molecule has 34 heavy (non-hydrogen) atoms. The molecule has 1 aliphatic rings. The molecule has 0 atom stereocenters. The summed E-state index contributed by atoms with van der Waals surface area (Å²) < 4.78 is 28.0. The van der Waals surface area contributed by atoms with E-state index < -0.39 is 5.56 Å². The standard InChI is InChI=1S/C25H14F2N4O2S/c26-16-9-5-14(6-10-16)13-30-19-4-2-1-3-18(19)20(23(30)32)21-24(33)31-25(34-21)28-22(29-31)15-7-11-17(27)12-8-15/h1-12H,13H2. The second kappa shape index (κ2) is 7.67. The second-order valence-corrected chi connectivity index (χ2v) is 8.76. The molecule has 2 aromatic heterocycles. The third-order valence-corrected chi connectivity index (χ3v) is 6.69. The number of fused-ring (bicyclic) bond motifs is 2. The monoisotopic (exact) mass is 472 g/mol. The number of hydrogen-bond donors (Lipinski definition) is 0. The molecule has 0 N–H and O–H groups in total. The van der Waals surface area contributed by atoms with Crippen LogP contribution < -0.4 is 15.0 Å². The van der Waals surface area contributed by atoms with Crippen LogP contribution in [-0.2, 0) is 11.3 Å². The first kappa shape index (κ1) is 20.4. The zero-order valence-corrected chi connectivity index (χ0v) is 18.2. The van der Waals surface area contributed by atoms with E-state index in [-0.39, 0.29) is 28.6 Å². The van der Waals surface area contributed by atoms with Crippen molar-refractivity contribution in [3.8, 4) is 11.4 Å². The molecule has 0 saturated carbocycles. The molecule has 0 spiro atoms. The molecular formula is C25H14F2N4O2S. The third kappa shape index (κ3) is 3.20. The molecule has 3 heterocycles. The summed E-state index contributed by atoms with van der Waals surface area (Å²) >= 11 is 1.09. The molecule has 1 aliphatic heterocycles. The molecule has 166 valence electrons. The van der Waals surface area contributed by atoms with Crippen LogP contribution in [0.4, 0.5) is 14.5 Å². The maximum Gasteiger partial charge on any atom is 0.291 e. The van der Waals surface area contributed by atoms with Gasteiger partial charge in [-0.1, -0.05) is 41.7 Å². The van der Waals surface area contributed by atoms with E-state index in [1.54, 1.807) is 35.2 Å². The summed E-state index contributed by atoms with van der Waals surface area (Å²) in [6.07, 6.45) is 0. The van der Waals surface area contributed by atoms with Gasteiger partial charge in [0.1, 0.15) is 16.2 Å². The second-order valence-electron chi connectivity index (χ2n) is 7.78. The van der Waals surface area contributed by atoms with Crippen LogP contribution in [0.3, 0.4) is 0 Å². The van der Waals surface area contributed by atoms with Gasteiger partial charge in [-0.25, -0.2) is 8.78 Å². The molecule has 0 fully saturated rings. The van der Waals surface area contributed by atoms with Crippen molar-refractivity contribution < 1.29 is 13.6 Å². The Bertz CT molecular complexity index is 1690. The average Bonchev–Trinajstić information content (AvgIpc) is 3.47. The lowest BCUT2D eigenvalue weighted by Crippen LogP contribution is -2.32. The summed E-state index contributed by atoms with van der Waals surface area (Å²) in [6, 6.07) is 18.9. The minimum atomic E-state index is -0.442. The summed E-state index contributed by atoms with van der Waals surface area (Å²) in [6.45, 7) is 0.239. The van der Waals surface area contributed by atoms with Gasteiger partial charge in [0.2, 0.25) is 4.96 Å². The van der Waals surface area contributed by atoms with Crippen molar-refractivity contribution in [2.45, 2.75) is 6.54 Å². The van der Waals surface area contributed by atoms with E-state index in [2.05, 4.69) is 10.1 Å². The van der Waals surface area contributed by atoms with Crippen LogP contribution in [-0.4, -0.2) is 20.5 Å². The van der Waals surface area contributed by atoms with Crippen molar-refractivity contribution in [2.75, 3.05) is 4.90 Å². The fourth-order valence-corrected chi connectivity index (χ4v) is 5.03. The van der Waals surface area contributed by atoms with Gasteiger partial charge in [0, 0.05) is 11.1 Å². The number of anilines is 1. The van der Waals surface area contributed by atoms with Crippen molar-refractivity contribution in [3.05, 3.63) is 110 Å². The quantitative estimate of drug-likeness (QED) is 0.403. The first-order valence-electron chi connectivity index (χ1n) is 10.3. The zero-order chi connectivity index (χ0) is 23.4. The highest BCUT2D eigenvalue weighted by atomic mass is 32.1. The van der Waals surface area contributed by atoms with Crippen molar-refractivity contribution in [3.63, 3.8) is 0 Å². The number of nitrogens with zero attached hydrogens (tertiary/aromatic N) is 4. The van der Waals surface area contributed by atoms with E-state index in [9.17, 15) is 18.4 Å². The number of carbonyl (C=O) groups excluding carboxylic acids is 1. The lowest BCUT2D eigenvalue weighted by atomic mass is 10.1. The SMILES string of the molecule is O=C1C(=c2sc3nc(-c4ccc(F)cc4)nn3c2=O)c2ccccc2N1Cc1ccc(F)cc1. The number of thiazole rings is 1. The molecule has 0 saturated heterocycles. The van der Waals surface area contributed by atoms with Gasteiger partial charge >= 0.3 is 0 Å². The Balaban J connectivity index is 1.48. The number of amides is 1. The van der Waals surface area contributed by atoms with Crippen LogP contribution in [0.25, 0.3) is 21.9 Å². The van der Waals surface area contributed by atoms with Gasteiger partial charge in [0.15, 0.2) is 5.82 Å². The molecule has 9 heteroatoms. The highest BCUT2D eigenvalue weighted by Gasteiger charge is 2.34. The van der Waals surface area contributed by atoms with Crippen LogP contribution in [0.15, 0.2) is 77.6 Å². The predicted molar refractivity (Wildman–Crippen MR) is 124 cm³/mol. The number of carbonyl (C=O) groups is 1. The van der Waals surface area contributed by atoms with Crippen LogP contribution in [0.5, 0.6) is 0 Å². The van der Waals surface area contributed by atoms with E-state index in [1.165, 1.54) is 28.8 Å². The normalized spacial score (nSPS) is 14.8. The fraction of sp³-hybridized carbons (Fsp3) is 0.0400. The van der Waals surface area contributed by atoms with E-state index >= 15 is 0 Å². The predicted octanol–water partition coefficient (Wildman–Crippen LogP) is 3.56. The fourth-order valence-electron chi connectivity index (χ4n) is 4.04. The van der Waals surface area contributed by atoms with Gasteiger partial charge in [-0.3, -0.25) is 9.59 Å². The van der Waals surface area contributed by atoms with E-state index in [1.807, 2.05) is 18.2 Å². The largest absolute Gasteiger partial charge is 0.303 e. The highest BCUT2D eigenvalue weighted by Crippen LogP contribution is 2.36. The Hall–Kier alpha value is -4.24. The molecular weight excluding hydrogens is 458 g/mol. The maximum atomic E-state index is 13.5. The number of aromatic nitrogens is 3. The zero-order valence-electron chi connectivity index (χ0n) is 17.4. The maximum absolute atomic E-state index is 13.5. The van der Waals surface area contributed by atoms with Crippen molar-refractivity contribution in [2.24, 2.45) is 0 Å². The minimum absolute atomic E-state index is 0.239. The lowest BCUT2D eigenvalue weighted by molar-refractivity contribution is -0.113. The summed E-state index contributed by atoms with van der Waals surface area (Å²) in [5.41, 5.74) is 2.52. The van der Waals surface area contributed by atoms with Crippen LogP contribution in [0, 0.1) is 11.6 Å². The number of benzene rings is 3. The molecule has 0 aliphatic carbocycles. The first-order chi connectivity index (χ1) is 16.5. The summed E-state index contributed by atoms with van der Waals surface area (Å²) in [7, 11) is 0. The number of rotatable bonds is 3. The van der Waals surface area contributed by atoms with Crippen LogP contribution >= 0.6 is 11.3 Å². The Kier molecular flexibility index (Phi) is 4.59. The highest BCUT2D eigenvalue weighted by molar-refractivity contribution is 7.15. The Morgan fingerprint density at radius 3 is 2.24 bits per heavy atom. The molecule has 1 amide bonds. The summed E-state index contributed by atoms with van der Waals surface area (Å²) in [5, 5.41) is 4.29. The van der Waals surface area contributed by atoms with Crippen molar-refractivity contribution in [1.29, 1.82) is 0 Å². The molecule has 0 unspecified atom stereocenters. The van der Waals surface area contributed by atoms with Gasteiger partial charge in [-0.05, 0) is 48.0 Å². The van der Waals surface area contributed by atoms with Gasteiger partial charge in [-0.15, -0.1) is 5.10 Å². The number of para-hydroxylation sites is 1. The van der Waals surface area contributed by atoms with E-state index in [0.717, 1.165) is 16.9 Å². The molecule has 0 radical (unpaired) electrons. The van der Waals surface area contributed by atoms with Crippen LogP contribution in [0.2, 0.25) is 0 Å². The number of halogens is 2. The Labute approximate surface area is 195 Å². The molecule has 6 nitrogen and oxygen atoms in total. The molecule has 3 aromatic carbocycles. The first-order valence-corrected chi connectivity index (χ1v) is 11.2. The molecule has 6 rings (SSSR count). The summed E-state index contributed by atoms with van der Waals surface area (Å²) in [5.74, 6) is -0.743. The van der Waals surface area contributed by atoms with Crippen molar-refractivity contribution >= 4 is 33.5 Å². The van der Waals surface area contributed by atoms with Crippen LogP contribution in [0.1, 0.15) is 11.1 Å². The van der Waals surface area contributed by atoms with Gasteiger partial charge in [0.05, 0.1) is 17.8 Å². The topological polar surface area (TPSA) is 67.6 Å². The minimum Gasteiger partial charge on any atom is -0.303 e.